The maximum absolute atomic E-state index is 5.65. The molecule has 0 radical (unpaired) electrons. The van der Waals surface area contributed by atoms with Gasteiger partial charge in [-0.05, 0) is 18.2 Å². The number of hydrogen-bond donors (Lipinski definition) is 2. The van der Waals surface area contributed by atoms with Crippen molar-refractivity contribution >= 4 is 11.4 Å². The maximum Gasteiger partial charge on any atom is 0.131 e. The van der Waals surface area contributed by atoms with Crippen molar-refractivity contribution in [2.45, 2.75) is 0 Å². The second-order valence-electron chi connectivity index (χ2n) is 3.25. The standard InChI is InChI=1S/C12H12N2O/c13-9-6-10(14)8-12(7-9)15-11-4-2-1-3-5-11/h1-8H,13-14H2. The fourth-order valence-electron chi connectivity index (χ4n) is 1.33. The lowest BCUT2D eigenvalue weighted by Crippen LogP contribution is -1.92. The maximum atomic E-state index is 5.65. The van der Waals surface area contributed by atoms with Crippen LogP contribution in [0.15, 0.2) is 48.5 Å². The molecular formula is C12H12N2O. The van der Waals surface area contributed by atoms with Gasteiger partial charge in [0, 0.05) is 23.5 Å². The Labute approximate surface area is 88.3 Å². The topological polar surface area (TPSA) is 61.3 Å². The third kappa shape index (κ3) is 2.40. The van der Waals surface area contributed by atoms with E-state index in [0.717, 1.165) is 5.75 Å². The van der Waals surface area contributed by atoms with E-state index in [9.17, 15) is 0 Å². The summed E-state index contributed by atoms with van der Waals surface area (Å²) in [6.45, 7) is 0. The average Bonchev–Trinajstić information content (AvgIpc) is 2.17. The van der Waals surface area contributed by atoms with Crippen LogP contribution in [0.1, 0.15) is 0 Å². The zero-order chi connectivity index (χ0) is 10.7. The zero-order valence-corrected chi connectivity index (χ0v) is 8.18. The van der Waals surface area contributed by atoms with Crippen molar-refractivity contribution in [3.63, 3.8) is 0 Å². The Kier molecular flexibility index (Phi) is 2.46. The fourth-order valence-corrected chi connectivity index (χ4v) is 1.33. The first-order valence-corrected chi connectivity index (χ1v) is 4.63. The van der Waals surface area contributed by atoms with Crippen molar-refractivity contribution in [2.24, 2.45) is 0 Å². The Bertz CT molecular complexity index is 434. The summed E-state index contributed by atoms with van der Waals surface area (Å²) in [6.07, 6.45) is 0. The SMILES string of the molecule is Nc1cc(N)cc(Oc2ccccc2)c1. The van der Waals surface area contributed by atoms with E-state index in [0.29, 0.717) is 17.1 Å². The summed E-state index contributed by atoms with van der Waals surface area (Å²) in [5.41, 5.74) is 12.5. The molecule has 0 aliphatic heterocycles. The highest BCUT2D eigenvalue weighted by molar-refractivity contribution is 5.57. The molecule has 15 heavy (non-hydrogen) atoms. The molecule has 2 aromatic rings. The molecular weight excluding hydrogens is 188 g/mol. The number of ether oxygens (including phenoxy) is 1. The van der Waals surface area contributed by atoms with Crippen LogP contribution in [0.4, 0.5) is 11.4 Å². The van der Waals surface area contributed by atoms with Gasteiger partial charge in [0.2, 0.25) is 0 Å². The van der Waals surface area contributed by atoms with Gasteiger partial charge in [-0.15, -0.1) is 0 Å². The third-order valence-corrected chi connectivity index (χ3v) is 1.93. The summed E-state index contributed by atoms with van der Waals surface area (Å²) >= 11 is 0. The first kappa shape index (κ1) is 9.40. The third-order valence-electron chi connectivity index (χ3n) is 1.93. The largest absolute Gasteiger partial charge is 0.457 e. The molecule has 76 valence electrons. The predicted molar refractivity (Wildman–Crippen MR) is 61.8 cm³/mol. The van der Waals surface area contributed by atoms with E-state index in [1.807, 2.05) is 30.3 Å². The van der Waals surface area contributed by atoms with E-state index >= 15 is 0 Å². The highest BCUT2D eigenvalue weighted by atomic mass is 16.5. The van der Waals surface area contributed by atoms with Gasteiger partial charge in [0.05, 0.1) is 0 Å². The molecule has 0 amide bonds. The number of benzene rings is 2. The zero-order valence-electron chi connectivity index (χ0n) is 8.18. The number of nitrogens with two attached hydrogens (primary N) is 2. The Hall–Kier alpha value is -2.16. The summed E-state index contributed by atoms with van der Waals surface area (Å²) in [5.74, 6) is 1.42. The molecule has 2 aromatic carbocycles. The van der Waals surface area contributed by atoms with E-state index in [4.69, 9.17) is 16.2 Å². The van der Waals surface area contributed by atoms with E-state index in [2.05, 4.69) is 0 Å². The van der Waals surface area contributed by atoms with Crippen molar-refractivity contribution in [3.05, 3.63) is 48.5 Å². The molecule has 0 unspecified atom stereocenters. The second-order valence-corrected chi connectivity index (χ2v) is 3.25. The normalized spacial score (nSPS) is 9.87. The molecule has 4 N–H and O–H groups in total. The number of rotatable bonds is 2. The van der Waals surface area contributed by atoms with Gasteiger partial charge in [0.25, 0.3) is 0 Å². The molecule has 3 nitrogen and oxygen atoms in total. The van der Waals surface area contributed by atoms with Gasteiger partial charge < -0.3 is 16.2 Å². The summed E-state index contributed by atoms with van der Waals surface area (Å²) < 4.78 is 5.58. The van der Waals surface area contributed by atoms with Crippen LogP contribution in [0.3, 0.4) is 0 Å². The second kappa shape index (κ2) is 3.92. The Morgan fingerprint density at radius 3 is 1.93 bits per heavy atom. The monoisotopic (exact) mass is 200 g/mol. The minimum atomic E-state index is 0.598. The molecule has 3 heteroatoms. The first-order chi connectivity index (χ1) is 7.24. The minimum absolute atomic E-state index is 0.598. The molecule has 0 fully saturated rings. The van der Waals surface area contributed by atoms with Crippen LogP contribution in [-0.4, -0.2) is 0 Å². The lowest BCUT2D eigenvalue weighted by Gasteiger charge is -2.07. The predicted octanol–water partition coefficient (Wildman–Crippen LogP) is 2.64. The van der Waals surface area contributed by atoms with Gasteiger partial charge >= 0.3 is 0 Å². The number of nitrogen functional groups attached to an aromatic ring is 2. The molecule has 0 saturated heterocycles. The van der Waals surface area contributed by atoms with E-state index in [1.165, 1.54) is 0 Å². The van der Waals surface area contributed by atoms with Crippen LogP contribution >= 0.6 is 0 Å². The van der Waals surface area contributed by atoms with Gasteiger partial charge in [-0.2, -0.15) is 0 Å². The minimum Gasteiger partial charge on any atom is -0.457 e. The van der Waals surface area contributed by atoms with E-state index in [1.54, 1.807) is 18.2 Å². The van der Waals surface area contributed by atoms with Gasteiger partial charge in [0.15, 0.2) is 0 Å². The van der Waals surface area contributed by atoms with Crippen molar-refractivity contribution in [2.75, 3.05) is 11.5 Å². The molecule has 0 bridgehead atoms. The number of anilines is 2. The van der Waals surface area contributed by atoms with Crippen molar-refractivity contribution in [3.8, 4) is 11.5 Å². The fraction of sp³-hybridized carbons (Fsp3) is 0. The van der Waals surface area contributed by atoms with Crippen molar-refractivity contribution < 1.29 is 4.74 Å². The molecule has 0 aromatic heterocycles. The van der Waals surface area contributed by atoms with Crippen LogP contribution < -0.4 is 16.2 Å². The van der Waals surface area contributed by atoms with Crippen molar-refractivity contribution in [1.82, 2.24) is 0 Å². The van der Waals surface area contributed by atoms with Gasteiger partial charge in [0.1, 0.15) is 11.5 Å². The lowest BCUT2D eigenvalue weighted by atomic mass is 10.2. The summed E-state index contributed by atoms with van der Waals surface area (Å²) in [6, 6.07) is 14.7. The van der Waals surface area contributed by atoms with Crippen LogP contribution in [-0.2, 0) is 0 Å². The quantitative estimate of drug-likeness (QED) is 0.732. The number of hydrogen-bond acceptors (Lipinski definition) is 3. The van der Waals surface area contributed by atoms with Crippen molar-refractivity contribution in [1.29, 1.82) is 0 Å². The molecule has 0 atom stereocenters. The van der Waals surface area contributed by atoms with E-state index < -0.39 is 0 Å². The molecule has 0 aliphatic carbocycles. The van der Waals surface area contributed by atoms with Gasteiger partial charge in [-0.3, -0.25) is 0 Å². The van der Waals surface area contributed by atoms with Crippen LogP contribution in [0.5, 0.6) is 11.5 Å². The van der Waals surface area contributed by atoms with E-state index in [-0.39, 0.29) is 0 Å². The molecule has 0 heterocycles. The van der Waals surface area contributed by atoms with Gasteiger partial charge in [-0.25, -0.2) is 0 Å². The van der Waals surface area contributed by atoms with Gasteiger partial charge in [-0.1, -0.05) is 18.2 Å². The highest BCUT2D eigenvalue weighted by Crippen LogP contribution is 2.25. The lowest BCUT2D eigenvalue weighted by molar-refractivity contribution is 0.483. The summed E-state index contributed by atoms with van der Waals surface area (Å²) in [5, 5.41) is 0. The first-order valence-electron chi connectivity index (χ1n) is 4.63. The summed E-state index contributed by atoms with van der Waals surface area (Å²) in [7, 11) is 0. The molecule has 0 spiro atoms. The smallest absolute Gasteiger partial charge is 0.131 e. The average molecular weight is 200 g/mol. The Morgan fingerprint density at radius 1 is 0.733 bits per heavy atom. The Morgan fingerprint density at radius 2 is 1.33 bits per heavy atom. The molecule has 2 rings (SSSR count). The van der Waals surface area contributed by atoms with Crippen LogP contribution in [0.2, 0.25) is 0 Å². The Balaban J connectivity index is 2.25. The summed E-state index contributed by atoms with van der Waals surface area (Å²) in [4.78, 5) is 0. The van der Waals surface area contributed by atoms with Crippen LogP contribution in [0, 0.1) is 0 Å². The van der Waals surface area contributed by atoms with Crippen LogP contribution in [0.25, 0.3) is 0 Å². The number of para-hydroxylation sites is 1. The highest BCUT2D eigenvalue weighted by Gasteiger charge is 1.98. The molecule has 0 saturated carbocycles. The molecule has 0 aliphatic rings.